The molecule has 0 aliphatic heterocycles. The van der Waals surface area contributed by atoms with Gasteiger partial charge in [-0.05, 0) is 56.0 Å². The van der Waals surface area contributed by atoms with Crippen molar-refractivity contribution in [3.05, 3.63) is 0 Å². The van der Waals surface area contributed by atoms with Gasteiger partial charge in [-0.25, -0.2) is 0 Å². The smallest absolute Gasteiger partial charge is 0.0610 e. The van der Waals surface area contributed by atoms with E-state index in [1.165, 1.54) is 51.4 Å². The summed E-state index contributed by atoms with van der Waals surface area (Å²) in [4.78, 5) is 0. The first-order valence-corrected chi connectivity index (χ1v) is 8.44. The summed E-state index contributed by atoms with van der Waals surface area (Å²) in [5, 5.41) is 9.16. The van der Waals surface area contributed by atoms with Gasteiger partial charge in [-0.15, -0.1) is 9.24 Å². The number of rotatable bonds is 5. The van der Waals surface area contributed by atoms with Crippen molar-refractivity contribution in [3.8, 4) is 0 Å². The lowest BCUT2D eigenvalue weighted by molar-refractivity contribution is -0.0360. The topological polar surface area (TPSA) is 29.5 Å². The molecule has 4 atom stereocenters. The number of aliphatic hydroxyl groups is 1. The van der Waals surface area contributed by atoms with E-state index in [1.54, 1.807) is 0 Å². The lowest BCUT2D eigenvalue weighted by Crippen LogP contribution is -2.34. The highest BCUT2D eigenvalue weighted by Gasteiger charge is 2.29. The highest BCUT2D eigenvalue weighted by molar-refractivity contribution is 7.17. The van der Waals surface area contributed by atoms with Gasteiger partial charge in [0.15, 0.2) is 0 Å². The van der Waals surface area contributed by atoms with Gasteiger partial charge in [-0.1, -0.05) is 19.3 Å². The number of ether oxygens (including phenoxy) is 1. The Morgan fingerprint density at radius 3 is 2.56 bits per heavy atom. The first-order valence-electron chi connectivity index (χ1n) is 7.77. The van der Waals surface area contributed by atoms with Crippen LogP contribution in [-0.4, -0.2) is 30.1 Å². The second-order valence-electron chi connectivity index (χ2n) is 6.22. The molecule has 2 rings (SSSR count). The molecule has 0 spiro atoms. The molecule has 3 heteroatoms. The Kier molecular flexibility index (Phi) is 6.41. The molecule has 0 aromatic rings. The van der Waals surface area contributed by atoms with Crippen LogP contribution in [0.25, 0.3) is 0 Å². The van der Waals surface area contributed by atoms with Crippen LogP contribution in [-0.2, 0) is 4.74 Å². The van der Waals surface area contributed by atoms with Gasteiger partial charge >= 0.3 is 0 Å². The van der Waals surface area contributed by atoms with Crippen LogP contribution in [0, 0.1) is 11.8 Å². The van der Waals surface area contributed by atoms with Gasteiger partial charge < -0.3 is 9.84 Å². The third kappa shape index (κ3) is 4.47. The normalized spacial score (nSPS) is 34.7. The Morgan fingerprint density at radius 1 is 1.06 bits per heavy atom. The lowest BCUT2D eigenvalue weighted by atomic mass is 9.83. The summed E-state index contributed by atoms with van der Waals surface area (Å²) in [6.07, 6.45) is 11.9. The molecule has 0 aromatic carbocycles. The molecule has 0 saturated heterocycles. The highest BCUT2D eigenvalue weighted by Crippen LogP contribution is 2.34. The van der Waals surface area contributed by atoms with Crippen LogP contribution < -0.4 is 0 Å². The van der Waals surface area contributed by atoms with Gasteiger partial charge in [0.25, 0.3) is 0 Å². The molecule has 18 heavy (non-hydrogen) atoms. The van der Waals surface area contributed by atoms with Crippen molar-refractivity contribution < 1.29 is 9.84 Å². The Labute approximate surface area is 114 Å². The zero-order chi connectivity index (χ0) is 12.8. The summed E-state index contributed by atoms with van der Waals surface area (Å²) in [5.41, 5.74) is 0.719. The molecule has 2 nitrogen and oxygen atoms in total. The maximum Gasteiger partial charge on any atom is 0.0610 e. The molecule has 0 heterocycles. The van der Waals surface area contributed by atoms with E-state index in [0.717, 1.165) is 24.6 Å². The quantitative estimate of drug-likeness (QED) is 0.777. The van der Waals surface area contributed by atoms with Crippen molar-refractivity contribution in [2.24, 2.45) is 11.8 Å². The third-order valence-corrected chi connectivity index (χ3v) is 5.35. The summed E-state index contributed by atoms with van der Waals surface area (Å²) >= 11 is 0. The first kappa shape index (κ1) is 14.8. The van der Waals surface area contributed by atoms with E-state index in [-0.39, 0.29) is 0 Å². The van der Waals surface area contributed by atoms with Gasteiger partial charge in [0.1, 0.15) is 0 Å². The van der Waals surface area contributed by atoms with Crippen molar-refractivity contribution >= 4 is 9.24 Å². The lowest BCUT2D eigenvalue weighted by Gasteiger charge is -2.35. The van der Waals surface area contributed by atoms with Crippen molar-refractivity contribution in [2.45, 2.75) is 69.6 Å². The zero-order valence-electron chi connectivity index (χ0n) is 11.5. The van der Waals surface area contributed by atoms with E-state index in [0.29, 0.717) is 18.6 Å². The van der Waals surface area contributed by atoms with Gasteiger partial charge in [0, 0.05) is 13.2 Å². The molecule has 106 valence electrons. The minimum Gasteiger partial charge on any atom is -0.396 e. The van der Waals surface area contributed by atoms with Crippen LogP contribution in [0.1, 0.15) is 57.8 Å². The van der Waals surface area contributed by atoms with E-state index in [4.69, 9.17) is 9.84 Å². The summed E-state index contributed by atoms with van der Waals surface area (Å²) in [5.74, 6) is 1.40. The average molecular weight is 272 g/mol. The van der Waals surface area contributed by atoms with Crippen LogP contribution in [0.5, 0.6) is 0 Å². The molecule has 1 unspecified atom stereocenters. The van der Waals surface area contributed by atoms with Crippen LogP contribution >= 0.6 is 9.24 Å². The van der Waals surface area contributed by atoms with Crippen LogP contribution in [0.4, 0.5) is 0 Å². The molecule has 1 N–H and O–H groups in total. The van der Waals surface area contributed by atoms with Crippen molar-refractivity contribution in [2.75, 3.05) is 13.2 Å². The zero-order valence-corrected chi connectivity index (χ0v) is 12.7. The van der Waals surface area contributed by atoms with Crippen molar-refractivity contribution in [3.63, 3.8) is 0 Å². The van der Waals surface area contributed by atoms with Gasteiger partial charge in [-0.2, -0.15) is 0 Å². The molecule has 0 bridgehead atoms. The Morgan fingerprint density at radius 2 is 1.83 bits per heavy atom. The largest absolute Gasteiger partial charge is 0.396 e. The van der Waals surface area contributed by atoms with E-state index >= 15 is 0 Å². The number of hydrogen-bond acceptors (Lipinski definition) is 2. The van der Waals surface area contributed by atoms with Crippen molar-refractivity contribution in [1.29, 1.82) is 0 Å². The fraction of sp³-hybridized carbons (Fsp3) is 1.00. The third-order valence-electron chi connectivity index (χ3n) is 4.74. The summed E-state index contributed by atoms with van der Waals surface area (Å²) in [6, 6.07) is 0. The van der Waals surface area contributed by atoms with Gasteiger partial charge in [-0.3, -0.25) is 0 Å². The van der Waals surface area contributed by atoms with Crippen molar-refractivity contribution in [1.82, 2.24) is 0 Å². The molecule has 0 radical (unpaired) electrons. The highest BCUT2D eigenvalue weighted by atomic mass is 31.0. The minimum atomic E-state index is 0.315. The Balaban J connectivity index is 1.76. The summed E-state index contributed by atoms with van der Waals surface area (Å²) < 4.78 is 6.23. The fourth-order valence-corrected chi connectivity index (χ4v) is 4.00. The fourth-order valence-electron chi connectivity index (χ4n) is 3.54. The molecule has 2 saturated carbocycles. The molecular weight excluding hydrogens is 243 g/mol. The van der Waals surface area contributed by atoms with E-state index < -0.39 is 0 Å². The maximum absolute atomic E-state index is 9.16. The standard InChI is InChI=1S/C15H29O2P/c16-9-8-13-6-7-14(18)10-15(13)17-11-12-4-2-1-3-5-12/h12-16H,1-11,18H2/t13-,14+,15+/m0/s1. The van der Waals surface area contributed by atoms with Crippen LogP contribution in [0.2, 0.25) is 0 Å². The van der Waals surface area contributed by atoms with Gasteiger partial charge in [0.2, 0.25) is 0 Å². The monoisotopic (exact) mass is 272 g/mol. The summed E-state index contributed by atoms with van der Waals surface area (Å²) in [6.45, 7) is 1.28. The number of hydrogen-bond donors (Lipinski definition) is 1. The molecule has 2 aliphatic carbocycles. The van der Waals surface area contributed by atoms with E-state index in [2.05, 4.69) is 9.24 Å². The molecule has 2 fully saturated rings. The average Bonchev–Trinajstić information content (AvgIpc) is 2.40. The van der Waals surface area contributed by atoms with Crippen LogP contribution in [0.3, 0.4) is 0 Å². The predicted octanol–water partition coefficient (Wildman–Crippen LogP) is 3.38. The second-order valence-corrected chi connectivity index (χ2v) is 7.16. The summed E-state index contributed by atoms with van der Waals surface area (Å²) in [7, 11) is 2.96. The predicted molar refractivity (Wildman–Crippen MR) is 78.9 cm³/mol. The molecule has 2 aliphatic rings. The SMILES string of the molecule is OCC[C@@H]1CC[C@@H](P)C[C@H]1OCC1CCCCC1. The van der Waals surface area contributed by atoms with Gasteiger partial charge in [0.05, 0.1) is 6.10 Å². The molecule has 0 amide bonds. The Bertz CT molecular complexity index is 229. The second kappa shape index (κ2) is 7.82. The first-order chi connectivity index (χ1) is 8.79. The number of aliphatic hydroxyl groups excluding tert-OH is 1. The van der Waals surface area contributed by atoms with E-state index in [1.807, 2.05) is 0 Å². The maximum atomic E-state index is 9.16. The molecular formula is C15H29O2P. The minimum absolute atomic E-state index is 0.315. The Hall–Kier alpha value is 0.350. The molecule has 0 aromatic heterocycles. The van der Waals surface area contributed by atoms with Crippen LogP contribution in [0.15, 0.2) is 0 Å². The van der Waals surface area contributed by atoms with E-state index in [9.17, 15) is 0 Å².